The van der Waals surface area contributed by atoms with E-state index in [9.17, 15) is 9.59 Å². The van der Waals surface area contributed by atoms with E-state index in [1.807, 2.05) is 25.1 Å². The lowest BCUT2D eigenvalue weighted by molar-refractivity contribution is -0.119. The fraction of sp³-hybridized carbons (Fsp3) is 0.514. The van der Waals surface area contributed by atoms with Crippen LogP contribution in [0.15, 0.2) is 58.9 Å². The standard InChI is InChI=1S/C37H47NO5/c1-9-42-32-17-26(12-13-31(32)43-22-25-11-10-23(2)24(3)16-25)33-34-27(18-36(4,5)20-29(34)39)38(14-15-41-8)28-19-37(6,7)21-30(40)35(28)33/h10-13,16-17,33H,9,14-15,18-22H2,1-8H3. The van der Waals surface area contributed by atoms with Gasteiger partial charge in [0.1, 0.15) is 6.61 Å². The molecular weight excluding hydrogens is 538 g/mol. The molecule has 2 aromatic rings. The lowest BCUT2D eigenvalue weighted by Gasteiger charge is -2.49. The lowest BCUT2D eigenvalue weighted by atomic mass is 9.63. The molecule has 0 radical (unpaired) electrons. The maximum atomic E-state index is 14.0. The number of hydrogen-bond acceptors (Lipinski definition) is 6. The number of rotatable bonds is 9. The van der Waals surface area contributed by atoms with Gasteiger partial charge in [0, 0.05) is 55.0 Å². The van der Waals surface area contributed by atoms with E-state index in [4.69, 9.17) is 14.2 Å². The van der Waals surface area contributed by atoms with E-state index in [2.05, 4.69) is 64.6 Å². The molecule has 0 bridgehead atoms. The number of allylic oxidation sites excluding steroid dienone is 4. The molecule has 2 aliphatic carbocycles. The summed E-state index contributed by atoms with van der Waals surface area (Å²) in [5, 5.41) is 0. The van der Waals surface area contributed by atoms with Gasteiger partial charge in [0.2, 0.25) is 0 Å². The zero-order valence-corrected chi connectivity index (χ0v) is 27.2. The third kappa shape index (κ3) is 6.31. The molecule has 0 spiro atoms. The van der Waals surface area contributed by atoms with Crippen molar-refractivity contribution in [1.82, 2.24) is 4.90 Å². The first-order valence-electron chi connectivity index (χ1n) is 15.6. The minimum absolute atomic E-state index is 0.121. The molecule has 230 valence electrons. The van der Waals surface area contributed by atoms with Crippen LogP contribution in [-0.4, -0.2) is 43.3 Å². The number of hydrogen-bond donors (Lipinski definition) is 0. The first-order valence-corrected chi connectivity index (χ1v) is 15.6. The average Bonchev–Trinajstić information content (AvgIpc) is 2.91. The van der Waals surface area contributed by atoms with Crippen LogP contribution in [0.1, 0.15) is 88.5 Å². The van der Waals surface area contributed by atoms with E-state index < -0.39 is 5.92 Å². The quantitative estimate of drug-likeness (QED) is 0.302. The van der Waals surface area contributed by atoms with Crippen LogP contribution in [-0.2, 0) is 20.9 Å². The normalized spacial score (nSPS) is 19.9. The Hall–Kier alpha value is -3.38. The van der Waals surface area contributed by atoms with Crippen LogP contribution in [0, 0.1) is 24.7 Å². The van der Waals surface area contributed by atoms with Crippen molar-refractivity contribution in [2.75, 3.05) is 26.9 Å². The van der Waals surface area contributed by atoms with Crippen molar-refractivity contribution in [1.29, 1.82) is 0 Å². The Morgan fingerprint density at radius 1 is 0.791 bits per heavy atom. The monoisotopic (exact) mass is 585 g/mol. The SMILES string of the molecule is CCOc1cc(C2C3=C(CC(C)(C)CC3=O)N(CCOC)C3=C2C(=O)CC(C)(C)C3)ccc1OCc1ccc(C)c(C)c1. The maximum absolute atomic E-state index is 14.0. The first-order chi connectivity index (χ1) is 20.3. The second-order valence-corrected chi connectivity index (χ2v) is 14.0. The van der Waals surface area contributed by atoms with E-state index in [0.29, 0.717) is 50.7 Å². The van der Waals surface area contributed by atoms with Gasteiger partial charge in [-0.3, -0.25) is 9.59 Å². The highest BCUT2D eigenvalue weighted by molar-refractivity contribution is 6.06. The number of ether oxygens (including phenoxy) is 3. The maximum Gasteiger partial charge on any atom is 0.162 e. The Kier molecular flexibility index (Phi) is 8.63. The summed E-state index contributed by atoms with van der Waals surface area (Å²) in [6, 6.07) is 12.3. The van der Waals surface area contributed by atoms with E-state index in [1.54, 1.807) is 7.11 Å². The van der Waals surface area contributed by atoms with Gasteiger partial charge < -0.3 is 19.1 Å². The number of aryl methyl sites for hydroxylation is 2. The fourth-order valence-electron chi connectivity index (χ4n) is 6.98. The van der Waals surface area contributed by atoms with Crippen LogP contribution in [0.5, 0.6) is 11.5 Å². The van der Waals surface area contributed by atoms with Crippen LogP contribution in [0.25, 0.3) is 0 Å². The first kappa shape index (κ1) is 31.1. The number of Topliss-reactive ketones (excluding diaryl/α,β-unsaturated/α-hetero) is 2. The Labute approximate surface area is 257 Å². The minimum Gasteiger partial charge on any atom is -0.490 e. The van der Waals surface area contributed by atoms with E-state index >= 15 is 0 Å². The van der Waals surface area contributed by atoms with Crippen LogP contribution < -0.4 is 9.47 Å². The molecule has 1 heterocycles. The summed E-state index contributed by atoms with van der Waals surface area (Å²) in [6.45, 7) is 16.8. The van der Waals surface area contributed by atoms with Gasteiger partial charge in [0.15, 0.2) is 23.1 Å². The molecule has 0 N–H and O–H groups in total. The summed E-state index contributed by atoms with van der Waals surface area (Å²) in [6.07, 6.45) is 2.46. The van der Waals surface area contributed by atoms with E-state index in [1.165, 1.54) is 11.1 Å². The molecule has 0 amide bonds. The lowest BCUT2D eigenvalue weighted by Crippen LogP contribution is -2.45. The van der Waals surface area contributed by atoms with Crippen LogP contribution in [0.4, 0.5) is 0 Å². The molecule has 5 rings (SSSR count). The molecule has 0 atom stereocenters. The summed E-state index contributed by atoms with van der Waals surface area (Å²) in [5.41, 5.74) is 7.74. The van der Waals surface area contributed by atoms with Crippen molar-refractivity contribution >= 4 is 11.6 Å². The molecule has 0 fully saturated rings. The zero-order valence-electron chi connectivity index (χ0n) is 27.2. The molecule has 6 nitrogen and oxygen atoms in total. The molecule has 43 heavy (non-hydrogen) atoms. The molecule has 1 aliphatic heterocycles. The predicted molar refractivity (Wildman–Crippen MR) is 169 cm³/mol. The number of carbonyl (C=O) groups excluding carboxylic acids is 2. The van der Waals surface area contributed by atoms with Gasteiger partial charge in [-0.1, -0.05) is 52.0 Å². The molecule has 0 unspecified atom stereocenters. The van der Waals surface area contributed by atoms with Crippen molar-refractivity contribution in [3.8, 4) is 11.5 Å². The Morgan fingerprint density at radius 2 is 1.42 bits per heavy atom. The Balaban J connectivity index is 1.61. The fourth-order valence-corrected chi connectivity index (χ4v) is 6.98. The Bertz CT molecular complexity index is 1440. The Morgan fingerprint density at radius 3 is 1.98 bits per heavy atom. The number of nitrogens with zero attached hydrogens (tertiary/aromatic N) is 1. The smallest absolute Gasteiger partial charge is 0.162 e. The van der Waals surface area contributed by atoms with Gasteiger partial charge in [-0.25, -0.2) is 0 Å². The predicted octanol–water partition coefficient (Wildman–Crippen LogP) is 7.61. The topological polar surface area (TPSA) is 65.1 Å². The van der Waals surface area contributed by atoms with Crippen LogP contribution >= 0.6 is 0 Å². The van der Waals surface area contributed by atoms with Crippen molar-refractivity contribution in [2.24, 2.45) is 10.8 Å². The number of ketones is 2. The molecule has 0 saturated carbocycles. The zero-order chi connectivity index (χ0) is 31.1. The van der Waals surface area contributed by atoms with E-state index in [-0.39, 0.29) is 22.4 Å². The largest absolute Gasteiger partial charge is 0.490 e. The van der Waals surface area contributed by atoms with Gasteiger partial charge in [0.05, 0.1) is 13.2 Å². The van der Waals surface area contributed by atoms with Crippen LogP contribution in [0.3, 0.4) is 0 Å². The highest BCUT2D eigenvalue weighted by atomic mass is 16.5. The highest BCUT2D eigenvalue weighted by Crippen LogP contribution is 2.54. The van der Waals surface area contributed by atoms with Gasteiger partial charge in [-0.15, -0.1) is 0 Å². The molecule has 6 heteroatoms. The molecule has 3 aliphatic rings. The van der Waals surface area contributed by atoms with Crippen molar-refractivity contribution in [3.05, 3.63) is 81.2 Å². The summed E-state index contributed by atoms with van der Waals surface area (Å²) >= 11 is 0. The molecule has 2 aromatic carbocycles. The molecule has 0 saturated heterocycles. The molecular formula is C37H47NO5. The number of methoxy groups -OCH3 is 1. The number of carbonyl (C=O) groups is 2. The van der Waals surface area contributed by atoms with E-state index in [0.717, 1.165) is 46.5 Å². The van der Waals surface area contributed by atoms with Gasteiger partial charge in [-0.05, 0) is 78.8 Å². The molecule has 0 aromatic heterocycles. The second-order valence-electron chi connectivity index (χ2n) is 14.0. The minimum atomic E-state index is -0.427. The average molecular weight is 586 g/mol. The van der Waals surface area contributed by atoms with Gasteiger partial charge >= 0.3 is 0 Å². The summed E-state index contributed by atoms with van der Waals surface area (Å²) < 4.78 is 17.9. The van der Waals surface area contributed by atoms with Gasteiger partial charge in [0.25, 0.3) is 0 Å². The van der Waals surface area contributed by atoms with Crippen LogP contribution in [0.2, 0.25) is 0 Å². The second kappa shape index (κ2) is 12.0. The summed E-state index contributed by atoms with van der Waals surface area (Å²) in [4.78, 5) is 30.3. The van der Waals surface area contributed by atoms with Crippen molar-refractivity contribution in [3.63, 3.8) is 0 Å². The van der Waals surface area contributed by atoms with Gasteiger partial charge in [-0.2, -0.15) is 0 Å². The third-order valence-corrected chi connectivity index (χ3v) is 9.11. The summed E-state index contributed by atoms with van der Waals surface area (Å²) in [5.74, 6) is 1.09. The third-order valence-electron chi connectivity index (χ3n) is 9.11. The highest BCUT2D eigenvalue weighted by Gasteiger charge is 2.49. The van der Waals surface area contributed by atoms with Crippen molar-refractivity contribution < 1.29 is 23.8 Å². The summed E-state index contributed by atoms with van der Waals surface area (Å²) in [7, 11) is 1.70. The number of benzene rings is 2. The van der Waals surface area contributed by atoms with Crippen molar-refractivity contribution in [2.45, 2.75) is 86.7 Å².